The molecule has 30 heavy (non-hydrogen) atoms. The fraction of sp³-hybridized carbons (Fsp3) is 0.211. The molecule has 0 saturated carbocycles. The first kappa shape index (κ1) is 21.5. The molecule has 0 saturated heterocycles. The van der Waals surface area contributed by atoms with Gasteiger partial charge in [-0.05, 0) is 29.8 Å². The van der Waals surface area contributed by atoms with Crippen LogP contribution < -0.4 is 10.3 Å². The van der Waals surface area contributed by atoms with E-state index in [9.17, 15) is 26.4 Å². The van der Waals surface area contributed by atoms with Crippen molar-refractivity contribution in [1.82, 2.24) is 14.5 Å². The summed E-state index contributed by atoms with van der Waals surface area (Å²) in [5, 5.41) is -0.745. The highest BCUT2D eigenvalue weighted by atomic mass is 32.2. The van der Waals surface area contributed by atoms with Gasteiger partial charge >= 0.3 is 0 Å². The number of ether oxygens (including phenoxy) is 1. The van der Waals surface area contributed by atoms with Gasteiger partial charge < -0.3 is 9.30 Å². The van der Waals surface area contributed by atoms with Crippen LogP contribution in [-0.2, 0) is 16.4 Å². The molecule has 0 aliphatic heterocycles. The highest BCUT2D eigenvalue weighted by Crippen LogP contribution is 2.24. The van der Waals surface area contributed by atoms with Crippen molar-refractivity contribution in [2.75, 3.05) is 13.4 Å². The minimum absolute atomic E-state index is 0.0146. The lowest BCUT2D eigenvalue weighted by Crippen LogP contribution is -2.19. The molecule has 0 bridgehead atoms. The topological polar surface area (TPSA) is 91.2 Å². The Kier molecular flexibility index (Phi) is 5.92. The van der Waals surface area contributed by atoms with Crippen molar-refractivity contribution in [3.8, 4) is 17.0 Å². The maximum absolute atomic E-state index is 13.9. The zero-order valence-corrected chi connectivity index (χ0v) is 16.7. The molecule has 0 aliphatic carbocycles. The molecular formula is C19H16F3N3O4S. The summed E-state index contributed by atoms with van der Waals surface area (Å²) in [5.74, 6) is -0.553. The number of pyridine rings is 1. The predicted molar refractivity (Wildman–Crippen MR) is 102 cm³/mol. The highest BCUT2D eigenvalue weighted by molar-refractivity contribution is 7.90. The Labute approximate surface area is 169 Å². The zero-order valence-electron chi connectivity index (χ0n) is 15.8. The number of aromatic nitrogens is 3. The zero-order chi connectivity index (χ0) is 22.1. The number of methoxy groups -OCH3 is 1. The van der Waals surface area contributed by atoms with E-state index >= 15 is 0 Å². The van der Waals surface area contributed by atoms with E-state index in [4.69, 9.17) is 4.74 Å². The van der Waals surface area contributed by atoms with E-state index in [1.54, 1.807) is 6.07 Å². The molecule has 0 radical (unpaired) electrons. The van der Waals surface area contributed by atoms with Crippen molar-refractivity contribution < 1.29 is 26.3 Å². The number of halogens is 3. The van der Waals surface area contributed by atoms with E-state index in [0.29, 0.717) is 5.56 Å². The van der Waals surface area contributed by atoms with Crippen LogP contribution in [0.25, 0.3) is 11.3 Å². The molecule has 11 heteroatoms. The summed E-state index contributed by atoms with van der Waals surface area (Å²) >= 11 is 0. The predicted octanol–water partition coefficient (Wildman–Crippen LogP) is 2.84. The van der Waals surface area contributed by atoms with Crippen LogP contribution in [0.3, 0.4) is 0 Å². The molecule has 3 rings (SSSR count). The van der Waals surface area contributed by atoms with Gasteiger partial charge in [0, 0.05) is 24.1 Å². The van der Waals surface area contributed by atoms with Gasteiger partial charge in [-0.25, -0.2) is 31.6 Å². The van der Waals surface area contributed by atoms with Gasteiger partial charge in [-0.3, -0.25) is 4.79 Å². The molecule has 0 aliphatic rings. The molecule has 0 fully saturated rings. The van der Waals surface area contributed by atoms with Gasteiger partial charge in [-0.15, -0.1) is 0 Å². The Hall–Kier alpha value is -3.21. The number of hydrogen-bond donors (Lipinski definition) is 0. The average Bonchev–Trinajstić information content (AvgIpc) is 2.68. The number of alkyl halides is 2. The standard InChI is InChI=1S/C19H16F3N3O4S/c1-29-16-5-3-11(7-13(16)20)9-25-10-12(4-6-17(25)26)14-8-15(18(21)22)24-19(23-14)30(2,27)28/h3-8,10,18H,9H2,1-2H3. The van der Waals surface area contributed by atoms with Crippen LogP contribution >= 0.6 is 0 Å². The highest BCUT2D eigenvalue weighted by Gasteiger charge is 2.19. The Morgan fingerprint density at radius 2 is 1.87 bits per heavy atom. The van der Waals surface area contributed by atoms with Crippen LogP contribution in [0.2, 0.25) is 0 Å². The van der Waals surface area contributed by atoms with Crippen molar-refractivity contribution >= 4 is 9.84 Å². The molecule has 0 amide bonds. The first-order valence-electron chi connectivity index (χ1n) is 8.49. The first-order chi connectivity index (χ1) is 14.1. The van der Waals surface area contributed by atoms with Gasteiger partial charge in [0.15, 0.2) is 11.6 Å². The second-order valence-electron chi connectivity index (χ2n) is 6.39. The minimum atomic E-state index is -3.95. The van der Waals surface area contributed by atoms with Crippen molar-refractivity contribution in [2.24, 2.45) is 0 Å². The number of benzene rings is 1. The monoisotopic (exact) mass is 439 g/mol. The SMILES string of the molecule is COc1ccc(Cn2cc(-c3cc(C(F)F)nc(S(C)(=O)=O)n3)ccc2=O)cc1F. The van der Waals surface area contributed by atoms with Gasteiger partial charge in [0.2, 0.25) is 15.0 Å². The van der Waals surface area contributed by atoms with Crippen LogP contribution in [-0.4, -0.2) is 36.3 Å². The molecule has 158 valence electrons. The lowest BCUT2D eigenvalue weighted by atomic mass is 10.1. The number of sulfone groups is 1. The third-order valence-corrected chi connectivity index (χ3v) is 4.97. The van der Waals surface area contributed by atoms with Gasteiger partial charge in [0.05, 0.1) is 19.3 Å². The molecule has 1 aromatic carbocycles. The Morgan fingerprint density at radius 1 is 1.13 bits per heavy atom. The summed E-state index contributed by atoms with van der Waals surface area (Å²) in [5.41, 5.74) is -0.592. The quantitative estimate of drug-likeness (QED) is 0.549. The fourth-order valence-electron chi connectivity index (χ4n) is 2.68. The van der Waals surface area contributed by atoms with Crippen LogP contribution in [0.5, 0.6) is 5.75 Å². The average molecular weight is 439 g/mol. The molecule has 3 aromatic rings. The van der Waals surface area contributed by atoms with Gasteiger partial charge in [-0.1, -0.05) is 6.07 Å². The summed E-state index contributed by atoms with van der Waals surface area (Å²) in [7, 11) is -2.62. The van der Waals surface area contributed by atoms with Crippen LogP contribution in [0.15, 0.2) is 52.5 Å². The second kappa shape index (κ2) is 8.27. The molecule has 0 unspecified atom stereocenters. The molecule has 0 atom stereocenters. The van der Waals surface area contributed by atoms with Gasteiger partial charge in [0.1, 0.15) is 5.69 Å². The number of nitrogens with zero attached hydrogens (tertiary/aromatic N) is 3. The van der Waals surface area contributed by atoms with Gasteiger partial charge in [-0.2, -0.15) is 0 Å². The molecular weight excluding hydrogens is 423 g/mol. The van der Waals surface area contributed by atoms with E-state index in [2.05, 4.69) is 9.97 Å². The largest absolute Gasteiger partial charge is 0.494 e. The number of rotatable bonds is 6. The minimum Gasteiger partial charge on any atom is -0.494 e. The first-order valence-corrected chi connectivity index (χ1v) is 10.4. The second-order valence-corrected chi connectivity index (χ2v) is 8.30. The van der Waals surface area contributed by atoms with Crippen molar-refractivity contribution in [1.29, 1.82) is 0 Å². The van der Waals surface area contributed by atoms with E-state index in [-0.39, 0.29) is 23.6 Å². The summed E-state index contributed by atoms with van der Waals surface area (Å²) in [6.45, 7) is -0.0146. The Bertz CT molecular complexity index is 1260. The van der Waals surface area contributed by atoms with E-state index in [0.717, 1.165) is 12.3 Å². The normalized spacial score (nSPS) is 11.7. The molecule has 2 heterocycles. The maximum Gasteiger partial charge on any atom is 0.280 e. The Morgan fingerprint density at radius 3 is 2.47 bits per heavy atom. The van der Waals surface area contributed by atoms with Crippen LogP contribution in [0.4, 0.5) is 13.2 Å². The Balaban J connectivity index is 2.06. The smallest absolute Gasteiger partial charge is 0.280 e. The molecule has 0 spiro atoms. The third-order valence-electron chi connectivity index (χ3n) is 4.13. The van der Waals surface area contributed by atoms with Crippen LogP contribution in [0, 0.1) is 5.82 Å². The summed E-state index contributed by atoms with van der Waals surface area (Å²) in [6, 6.07) is 7.66. The van der Waals surface area contributed by atoms with Crippen LogP contribution in [0.1, 0.15) is 17.7 Å². The van der Waals surface area contributed by atoms with Crippen molar-refractivity contribution in [3.63, 3.8) is 0 Å². The van der Waals surface area contributed by atoms with E-state index in [1.807, 2.05) is 0 Å². The van der Waals surface area contributed by atoms with E-state index < -0.39 is 38.5 Å². The lowest BCUT2D eigenvalue weighted by molar-refractivity contribution is 0.145. The molecule has 7 nitrogen and oxygen atoms in total. The molecule has 2 aromatic heterocycles. The van der Waals surface area contributed by atoms with Gasteiger partial charge in [0.25, 0.3) is 12.0 Å². The third kappa shape index (κ3) is 4.67. The van der Waals surface area contributed by atoms with Crippen molar-refractivity contribution in [2.45, 2.75) is 18.1 Å². The van der Waals surface area contributed by atoms with E-state index in [1.165, 1.54) is 42.1 Å². The summed E-state index contributed by atoms with van der Waals surface area (Å²) in [6.07, 6.45) is -0.880. The van der Waals surface area contributed by atoms with Crippen molar-refractivity contribution in [3.05, 3.63) is 70.0 Å². The maximum atomic E-state index is 13.9. The lowest BCUT2D eigenvalue weighted by Gasteiger charge is -2.11. The summed E-state index contributed by atoms with van der Waals surface area (Å²) in [4.78, 5) is 19.5. The number of hydrogen-bond acceptors (Lipinski definition) is 6. The molecule has 0 N–H and O–H groups in total. The summed E-state index contributed by atoms with van der Waals surface area (Å²) < 4.78 is 69.9. The fourth-order valence-corrected chi connectivity index (χ4v) is 3.22.